The molecule has 1 aliphatic rings. The summed E-state index contributed by atoms with van der Waals surface area (Å²) in [6.45, 7) is 1.96. The fraction of sp³-hybridized carbons (Fsp3) is 0.250. The molecule has 1 aromatic carbocycles. The van der Waals surface area contributed by atoms with Crippen LogP contribution in [0.3, 0.4) is 0 Å². The SMILES string of the molecule is CCc1cc(=O)[nH]c(-c2ccc(N[C@@H]3c4ccccc4C[C@@H]3O)nc2)n1. The molecule has 0 saturated carbocycles. The summed E-state index contributed by atoms with van der Waals surface area (Å²) >= 11 is 0. The third-order valence-electron chi connectivity index (χ3n) is 4.70. The Labute approximate surface area is 151 Å². The Morgan fingerprint density at radius 1 is 1.27 bits per heavy atom. The standard InChI is InChI=1S/C20H20N4O2/c1-2-14-10-18(26)24-20(22-14)13-7-8-17(21-11-13)23-19-15-6-4-3-5-12(15)9-16(19)25/h3-8,10-11,16,19,25H,2,9H2,1H3,(H,21,23)(H,22,24,26)/t16-,19+/m0/s1. The minimum absolute atomic E-state index is 0.167. The Bertz CT molecular complexity index is 982. The fourth-order valence-electron chi connectivity index (χ4n) is 3.35. The number of hydrogen-bond donors (Lipinski definition) is 3. The molecule has 0 amide bonds. The van der Waals surface area contributed by atoms with Crippen LogP contribution >= 0.6 is 0 Å². The third kappa shape index (κ3) is 3.11. The van der Waals surface area contributed by atoms with Gasteiger partial charge in [0.05, 0.1) is 12.1 Å². The van der Waals surface area contributed by atoms with Gasteiger partial charge in [0.2, 0.25) is 0 Å². The smallest absolute Gasteiger partial charge is 0.251 e. The summed E-state index contributed by atoms with van der Waals surface area (Å²) in [5, 5.41) is 13.7. The van der Waals surface area contributed by atoms with E-state index in [0.717, 1.165) is 22.4 Å². The number of hydrogen-bond acceptors (Lipinski definition) is 5. The molecular formula is C20H20N4O2. The van der Waals surface area contributed by atoms with E-state index in [1.54, 1.807) is 6.20 Å². The quantitative estimate of drug-likeness (QED) is 0.674. The second-order valence-electron chi connectivity index (χ2n) is 6.46. The van der Waals surface area contributed by atoms with Crippen LogP contribution in [0, 0.1) is 0 Å². The highest BCUT2D eigenvalue weighted by atomic mass is 16.3. The highest BCUT2D eigenvalue weighted by Crippen LogP contribution is 2.33. The maximum absolute atomic E-state index is 11.7. The molecule has 2 atom stereocenters. The first-order chi connectivity index (χ1) is 12.6. The van der Waals surface area contributed by atoms with Gasteiger partial charge in [-0.05, 0) is 29.7 Å². The minimum atomic E-state index is -0.479. The zero-order valence-electron chi connectivity index (χ0n) is 14.4. The Morgan fingerprint density at radius 3 is 2.88 bits per heavy atom. The summed E-state index contributed by atoms with van der Waals surface area (Å²) in [5.74, 6) is 1.18. The monoisotopic (exact) mass is 348 g/mol. The number of nitrogens with zero attached hydrogens (tertiary/aromatic N) is 2. The molecule has 3 aromatic rings. The second kappa shape index (κ2) is 6.72. The number of aromatic amines is 1. The van der Waals surface area contributed by atoms with Crippen LogP contribution in [0.5, 0.6) is 0 Å². The Kier molecular flexibility index (Phi) is 4.26. The van der Waals surface area contributed by atoms with E-state index in [4.69, 9.17) is 0 Å². The van der Waals surface area contributed by atoms with E-state index in [-0.39, 0.29) is 11.6 Å². The molecule has 0 saturated heterocycles. The number of rotatable bonds is 4. The van der Waals surface area contributed by atoms with Crippen LogP contribution in [0.2, 0.25) is 0 Å². The first-order valence-corrected chi connectivity index (χ1v) is 8.73. The van der Waals surface area contributed by atoms with Crippen molar-refractivity contribution in [2.75, 3.05) is 5.32 Å². The van der Waals surface area contributed by atoms with Gasteiger partial charge in [-0.3, -0.25) is 4.79 Å². The van der Waals surface area contributed by atoms with E-state index >= 15 is 0 Å². The lowest BCUT2D eigenvalue weighted by atomic mass is 10.1. The molecule has 26 heavy (non-hydrogen) atoms. The topological polar surface area (TPSA) is 90.9 Å². The molecular weight excluding hydrogens is 328 g/mol. The number of anilines is 1. The molecule has 4 rings (SSSR count). The van der Waals surface area contributed by atoms with Crippen molar-refractivity contribution in [1.29, 1.82) is 0 Å². The van der Waals surface area contributed by atoms with Crippen LogP contribution in [0.4, 0.5) is 5.82 Å². The van der Waals surface area contributed by atoms with Gasteiger partial charge in [-0.2, -0.15) is 0 Å². The number of aromatic nitrogens is 3. The molecule has 0 radical (unpaired) electrons. The molecule has 1 aliphatic carbocycles. The van der Waals surface area contributed by atoms with Gasteiger partial charge in [0.15, 0.2) is 0 Å². The van der Waals surface area contributed by atoms with Crippen molar-refractivity contribution in [3.8, 4) is 11.4 Å². The van der Waals surface area contributed by atoms with E-state index < -0.39 is 6.10 Å². The molecule has 3 N–H and O–H groups in total. The number of fused-ring (bicyclic) bond motifs is 1. The number of aliphatic hydroxyl groups is 1. The Balaban J connectivity index is 1.57. The number of aryl methyl sites for hydroxylation is 1. The van der Waals surface area contributed by atoms with Crippen molar-refractivity contribution in [3.63, 3.8) is 0 Å². The number of nitrogens with one attached hydrogen (secondary N) is 2. The highest BCUT2D eigenvalue weighted by molar-refractivity contribution is 5.56. The summed E-state index contributed by atoms with van der Waals surface area (Å²) in [6, 6.07) is 13.1. The first-order valence-electron chi connectivity index (χ1n) is 8.73. The van der Waals surface area contributed by atoms with Gasteiger partial charge < -0.3 is 15.4 Å². The summed E-state index contributed by atoms with van der Waals surface area (Å²) in [5.41, 5.74) is 3.59. The summed E-state index contributed by atoms with van der Waals surface area (Å²) in [7, 11) is 0. The summed E-state index contributed by atoms with van der Waals surface area (Å²) < 4.78 is 0. The zero-order valence-corrected chi connectivity index (χ0v) is 14.4. The Hall–Kier alpha value is -2.99. The molecule has 0 spiro atoms. The Morgan fingerprint density at radius 2 is 2.12 bits per heavy atom. The van der Waals surface area contributed by atoms with E-state index in [1.165, 1.54) is 6.07 Å². The van der Waals surface area contributed by atoms with Crippen LogP contribution < -0.4 is 10.9 Å². The minimum Gasteiger partial charge on any atom is -0.390 e. The maximum atomic E-state index is 11.7. The van der Waals surface area contributed by atoms with Crippen molar-refractivity contribution in [3.05, 3.63) is 75.8 Å². The molecule has 6 nitrogen and oxygen atoms in total. The van der Waals surface area contributed by atoms with E-state index in [0.29, 0.717) is 24.5 Å². The van der Waals surface area contributed by atoms with Crippen molar-refractivity contribution < 1.29 is 5.11 Å². The predicted octanol–water partition coefficient (Wildman–Crippen LogP) is 2.46. The molecule has 0 unspecified atom stereocenters. The zero-order chi connectivity index (χ0) is 18.1. The average Bonchev–Trinajstić information content (AvgIpc) is 2.97. The molecule has 0 bridgehead atoms. The van der Waals surface area contributed by atoms with E-state index in [1.807, 2.05) is 43.3 Å². The van der Waals surface area contributed by atoms with Crippen LogP contribution in [0.15, 0.2) is 53.5 Å². The molecule has 0 aliphatic heterocycles. The molecule has 0 fully saturated rings. The normalized spacial score (nSPS) is 18.5. The largest absolute Gasteiger partial charge is 0.390 e. The van der Waals surface area contributed by atoms with Gasteiger partial charge in [-0.1, -0.05) is 31.2 Å². The second-order valence-corrected chi connectivity index (χ2v) is 6.46. The summed E-state index contributed by atoms with van der Waals surface area (Å²) in [4.78, 5) is 23.3. The molecule has 2 aromatic heterocycles. The molecule has 2 heterocycles. The first kappa shape index (κ1) is 16.5. The number of aliphatic hydroxyl groups excluding tert-OH is 1. The maximum Gasteiger partial charge on any atom is 0.251 e. The lowest BCUT2D eigenvalue weighted by Crippen LogP contribution is -2.21. The van der Waals surface area contributed by atoms with Gasteiger partial charge in [0, 0.05) is 29.9 Å². The lowest BCUT2D eigenvalue weighted by molar-refractivity contribution is 0.165. The van der Waals surface area contributed by atoms with Crippen molar-refractivity contribution >= 4 is 5.82 Å². The number of H-pyrrole nitrogens is 1. The van der Waals surface area contributed by atoms with Gasteiger partial charge in [0.25, 0.3) is 5.56 Å². The van der Waals surface area contributed by atoms with Crippen molar-refractivity contribution in [2.24, 2.45) is 0 Å². The van der Waals surface area contributed by atoms with Crippen molar-refractivity contribution in [1.82, 2.24) is 15.0 Å². The third-order valence-corrected chi connectivity index (χ3v) is 4.70. The van der Waals surface area contributed by atoms with Crippen LogP contribution in [0.1, 0.15) is 29.8 Å². The van der Waals surface area contributed by atoms with E-state index in [9.17, 15) is 9.90 Å². The molecule has 132 valence electrons. The van der Waals surface area contributed by atoms with Crippen molar-refractivity contribution in [2.45, 2.75) is 31.9 Å². The molecule has 6 heteroatoms. The predicted molar refractivity (Wildman–Crippen MR) is 100.0 cm³/mol. The van der Waals surface area contributed by atoms with Gasteiger partial charge in [0.1, 0.15) is 11.6 Å². The van der Waals surface area contributed by atoms with Gasteiger partial charge in [-0.25, -0.2) is 9.97 Å². The summed E-state index contributed by atoms with van der Waals surface area (Å²) in [6.07, 6.45) is 2.53. The van der Waals surface area contributed by atoms with E-state index in [2.05, 4.69) is 20.3 Å². The van der Waals surface area contributed by atoms with Gasteiger partial charge >= 0.3 is 0 Å². The highest BCUT2D eigenvalue weighted by Gasteiger charge is 2.30. The average molecular weight is 348 g/mol. The number of pyridine rings is 1. The van der Waals surface area contributed by atoms with Crippen LogP contribution in [-0.4, -0.2) is 26.2 Å². The number of benzene rings is 1. The van der Waals surface area contributed by atoms with Crippen LogP contribution in [-0.2, 0) is 12.8 Å². The lowest BCUT2D eigenvalue weighted by Gasteiger charge is -2.18. The van der Waals surface area contributed by atoms with Gasteiger partial charge in [-0.15, -0.1) is 0 Å². The fourth-order valence-corrected chi connectivity index (χ4v) is 3.35. The van der Waals surface area contributed by atoms with Crippen LogP contribution in [0.25, 0.3) is 11.4 Å².